The van der Waals surface area contributed by atoms with Crippen molar-refractivity contribution in [2.75, 3.05) is 18.1 Å². The molecule has 1 aliphatic heterocycles. The highest BCUT2D eigenvalue weighted by Crippen LogP contribution is 2.21. The van der Waals surface area contributed by atoms with Crippen molar-refractivity contribution in [3.05, 3.63) is 33.8 Å². The van der Waals surface area contributed by atoms with Gasteiger partial charge in [0.05, 0.1) is 11.5 Å². The number of carboxylic acids is 1. The first-order chi connectivity index (χ1) is 9.71. The van der Waals surface area contributed by atoms with E-state index < -0.39 is 33.5 Å². The fourth-order valence-electron chi connectivity index (χ4n) is 2.23. The summed E-state index contributed by atoms with van der Waals surface area (Å²) < 4.78 is 23.9. The summed E-state index contributed by atoms with van der Waals surface area (Å²) in [7, 11) is -3.43. The molecule has 1 heterocycles. The second-order valence-corrected chi connectivity index (χ2v) is 8.07. The predicted octanol–water partition coefficient (Wildman–Crippen LogP) is 1.08. The van der Waals surface area contributed by atoms with Gasteiger partial charge in [-0.1, -0.05) is 22.0 Å². The van der Waals surface area contributed by atoms with E-state index in [4.69, 9.17) is 0 Å². The molecule has 8 heteroatoms. The Hall–Kier alpha value is -1.41. The first-order valence-electron chi connectivity index (χ1n) is 6.21. The van der Waals surface area contributed by atoms with Gasteiger partial charge in [0.1, 0.15) is 6.04 Å². The van der Waals surface area contributed by atoms with E-state index in [2.05, 4.69) is 15.9 Å². The van der Waals surface area contributed by atoms with Crippen LogP contribution in [0.4, 0.5) is 0 Å². The van der Waals surface area contributed by atoms with Crippen molar-refractivity contribution in [3.8, 4) is 0 Å². The smallest absolute Gasteiger partial charge is 0.327 e. The average molecular weight is 376 g/mol. The van der Waals surface area contributed by atoms with Crippen molar-refractivity contribution in [2.45, 2.75) is 13.0 Å². The lowest BCUT2D eigenvalue weighted by Crippen LogP contribution is -2.54. The number of rotatable bonds is 2. The third-order valence-electron chi connectivity index (χ3n) is 3.41. The SMILES string of the molecule is Cc1ccc(Br)cc1C(=O)N1CCS(=O)(=O)CC1C(=O)O. The molecule has 1 atom stereocenters. The Morgan fingerprint density at radius 2 is 2.05 bits per heavy atom. The summed E-state index contributed by atoms with van der Waals surface area (Å²) in [5.74, 6) is -2.52. The monoisotopic (exact) mass is 375 g/mol. The number of halogens is 1. The molecule has 0 saturated carbocycles. The van der Waals surface area contributed by atoms with Gasteiger partial charge >= 0.3 is 5.97 Å². The van der Waals surface area contributed by atoms with E-state index in [-0.39, 0.29) is 12.3 Å². The summed E-state index contributed by atoms with van der Waals surface area (Å²) in [6.45, 7) is 1.64. The van der Waals surface area contributed by atoms with Crippen molar-refractivity contribution in [1.82, 2.24) is 4.90 Å². The number of amides is 1. The Bertz CT molecular complexity index is 701. The second kappa shape index (κ2) is 5.76. The lowest BCUT2D eigenvalue weighted by molar-refractivity contribution is -0.141. The van der Waals surface area contributed by atoms with Gasteiger partial charge in [-0.05, 0) is 24.6 Å². The minimum atomic E-state index is -3.43. The summed E-state index contributed by atoms with van der Waals surface area (Å²) in [4.78, 5) is 24.9. The zero-order valence-corrected chi connectivity index (χ0v) is 13.6. The van der Waals surface area contributed by atoms with Crippen molar-refractivity contribution in [3.63, 3.8) is 0 Å². The van der Waals surface area contributed by atoms with E-state index in [1.165, 1.54) is 0 Å². The van der Waals surface area contributed by atoms with Crippen molar-refractivity contribution < 1.29 is 23.1 Å². The molecular formula is C13H14BrNO5S. The van der Waals surface area contributed by atoms with Gasteiger partial charge in [0.2, 0.25) is 0 Å². The minimum absolute atomic E-state index is 0.107. The summed E-state index contributed by atoms with van der Waals surface area (Å²) in [5.41, 5.74) is 1.08. The van der Waals surface area contributed by atoms with Gasteiger partial charge in [-0.15, -0.1) is 0 Å². The second-order valence-electron chi connectivity index (χ2n) is 4.93. The summed E-state index contributed by atoms with van der Waals surface area (Å²) in [6, 6.07) is 3.80. The van der Waals surface area contributed by atoms with Crippen LogP contribution in [0.2, 0.25) is 0 Å². The number of carboxylic acid groups (broad SMARTS) is 1. The number of carbonyl (C=O) groups excluding carboxylic acids is 1. The van der Waals surface area contributed by atoms with Gasteiger partial charge in [0.15, 0.2) is 9.84 Å². The first-order valence-corrected chi connectivity index (χ1v) is 8.83. The number of carbonyl (C=O) groups is 2. The van der Waals surface area contributed by atoms with Crippen LogP contribution in [0.15, 0.2) is 22.7 Å². The average Bonchev–Trinajstić information content (AvgIpc) is 2.39. The predicted molar refractivity (Wildman–Crippen MR) is 80.0 cm³/mol. The highest BCUT2D eigenvalue weighted by atomic mass is 79.9. The molecule has 1 fully saturated rings. The summed E-state index contributed by atoms with van der Waals surface area (Å²) in [6.07, 6.45) is 0. The molecule has 0 spiro atoms. The van der Waals surface area contributed by atoms with E-state index in [0.29, 0.717) is 15.6 Å². The van der Waals surface area contributed by atoms with Gasteiger partial charge < -0.3 is 10.0 Å². The van der Waals surface area contributed by atoms with E-state index in [0.717, 1.165) is 4.90 Å². The maximum Gasteiger partial charge on any atom is 0.327 e. The molecule has 0 bridgehead atoms. The number of hydrogen-bond donors (Lipinski definition) is 1. The molecule has 1 aromatic rings. The van der Waals surface area contributed by atoms with E-state index in [9.17, 15) is 23.1 Å². The number of aliphatic carboxylic acids is 1. The number of hydrogen-bond acceptors (Lipinski definition) is 4. The lowest BCUT2D eigenvalue weighted by Gasteiger charge is -2.33. The fraction of sp³-hybridized carbons (Fsp3) is 0.385. The molecule has 1 unspecified atom stereocenters. The Balaban J connectivity index is 2.37. The molecule has 114 valence electrons. The number of sulfone groups is 1. The first kappa shape index (κ1) is 16.0. The van der Waals surface area contributed by atoms with E-state index in [1.807, 2.05) is 0 Å². The Kier molecular flexibility index (Phi) is 4.38. The molecular weight excluding hydrogens is 362 g/mol. The number of aryl methyl sites for hydroxylation is 1. The van der Waals surface area contributed by atoms with Crippen LogP contribution < -0.4 is 0 Å². The normalized spacial score (nSPS) is 21.0. The molecule has 1 aliphatic rings. The van der Waals surface area contributed by atoms with Crippen molar-refractivity contribution in [2.24, 2.45) is 0 Å². The van der Waals surface area contributed by atoms with Crippen LogP contribution in [-0.2, 0) is 14.6 Å². The third-order valence-corrected chi connectivity index (χ3v) is 5.53. The molecule has 0 aromatic heterocycles. The van der Waals surface area contributed by atoms with E-state index in [1.54, 1.807) is 25.1 Å². The topological polar surface area (TPSA) is 91.8 Å². The van der Waals surface area contributed by atoms with Crippen LogP contribution in [0.3, 0.4) is 0 Å². The van der Waals surface area contributed by atoms with Crippen LogP contribution in [0, 0.1) is 6.92 Å². The van der Waals surface area contributed by atoms with Gasteiger partial charge in [-0.2, -0.15) is 0 Å². The highest BCUT2D eigenvalue weighted by Gasteiger charge is 2.39. The zero-order chi connectivity index (χ0) is 15.8. The number of nitrogens with zero attached hydrogens (tertiary/aromatic N) is 1. The largest absolute Gasteiger partial charge is 0.480 e. The Labute approximate surface area is 130 Å². The van der Waals surface area contributed by atoms with Crippen LogP contribution in [0.5, 0.6) is 0 Å². The zero-order valence-electron chi connectivity index (χ0n) is 11.2. The maximum atomic E-state index is 12.5. The summed E-state index contributed by atoms with van der Waals surface area (Å²) in [5, 5.41) is 9.19. The highest BCUT2D eigenvalue weighted by molar-refractivity contribution is 9.10. The molecule has 1 amide bonds. The quantitative estimate of drug-likeness (QED) is 0.834. The number of benzene rings is 1. The molecule has 21 heavy (non-hydrogen) atoms. The van der Waals surface area contributed by atoms with Crippen LogP contribution in [-0.4, -0.2) is 54.4 Å². The fourth-order valence-corrected chi connectivity index (χ4v) is 4.04. The lowest BCUT2D eigenvalue weighted by atomic mass is 10.1. The van der Waals surface area contributed by atoms with Crippen LogP contribution in [0.1, 0.15) is 15.9 Å². The van der Waals surface area contributed by atoms with Gasteiger partial charge in [0, 0.05) is 16.6 Å². The standard InChI is InChI=1S/C13H14BrNO5S/c1-8-2-3-9(14)6-10(8)12(16)15-4-5-21(19,20)7-11(15)13(17)18/h2-3,6,11H,4-5,7H2,1H3,(H,17,18). The molecule has 6 nitrogen and oxygen atoms in total. The third kappa shape index (κ3) is 3.44. The minimum Gasteiger partial charge on any atom is -0.480 e. The molecule has 1 saturated heterocycles. The van der Waals surface area contributed by atoms with Gasteiger partial charge in [-0.25, -0.2) is 13.2 Å². The Morgan fingerprint density at radius 1 is 1.38 bits per heavy atom. The maximum absolute atomic E-state index is 12.5. The van der Waals surface area contributed by atoms with Crippen molar-refractivity contribution >= 4 is 37.6 Å². The molecule has 1 aromatic carbocycles. The molecule has 2 rings (SSSR count). The van der Waals surface area contributed by atoms with Crippen LogP contribution >= 0.6 is 15.9 Å². The van der Waals surface area contributed by atoms with Crippen LogP contribution in [0.25, 0.3) is 0 Å². The van der Waals surface area contributed by atoms with Crippen molar-refractivity contribution in [1.29, 1.82) is 0 Å². The van der Waals surface area contributed by atoms with Gasteiger partial charge in [0.25, 0.3) is 5.91 Å². The van der Waals surface area contributed by atoms with E-state index >= 15 is 0 Å². The molecule has 0 radical (unpaired) electrons. The summed E-state index contributed by atoms with van der Waals surface area (Å²) >= 11 is 3.27. The van der Waals surface area contributed by atoms with Gasteiger partial charge in [-0.3, -0.25) is 4.79 Å². The molecule has 0 aliphatic carbocycles. The Morgan fingerprint density at radius 3 is 2.67 bits per heavy atom. The molecule has 1 N–H and O–H groups in total.